The van der Waals surface area contributed by atoms with Gasteiger partial charge in [-0.1, -0.05) is 35.5 Å². The lowest BCUT2D eigenvalue weighted by Crippen LogP contribution is -2.12. The predicted molar refractivity (Wildman–Crippen MR) is 125 cm³/mol. The molecule has 3 aromatic heterocycles. The van der Waals surface area contributed by atoms with E-state index >= 15 is 0 Å². The standard InChI is InChI=1S/C24H22N6O3/c1-15-12-18-20(4-3-5-21(18)32-2)30(15)11-10-25-22-13-19(26-14-27-22)16-6-8-17(9-7-16)23-28-24(31)33-29-23/h3-9,12-14H,10-11H2,1-2H3,(H,25,26,27)(H,28,29,31). The molecule has 0 amide bonds. The number of rotatable bonds is 7. The number of aromatic amines is 1. The Balaban J connectivity index is 1.29. The van der Waals surface area contributed by atoms with E-state index < -0.39 is 5.76 Å². The lowest BCUT2D eigenvalue weighted by atomic mass is 10.1. The molecular formula is C24H22N6O3. The molecule has 5 aromatic rings. The predicted octanol–water partition coefficient (Wildman–Crippen LogP) is 3.87. The first-order valence-electron chi connectivity index (χ1n) is 10.5. The average molecular weight is 442 g/mol. The van der Waals surface area contributed by atoms with E-state index in [1.165, 1.54) is 5.69 Å². The highest BCUT2D eigenvalue weighted by molar-refractivity contribution is 5.87. The molecule has 3 heterocycles. The molecule has 33 heavy (non-hydrogen) atoms. The molecular weight excluding hydrogens is 420 g/mol. The second-order valence-corrected chi connectivity index (χ2v) is 7.57. The maximum atomic E-state index is 11.1. The van der Waals surface area contributed by atoms with Crippen molar-refractivity contribution in [2.75, 3.05) is 19.0 Å². The summed E-state index contributed by atoms with van der Waals surface area (Å²) in [6.07, 6.45) is 1.54. The van der Waals surface area contributed by atoms with Crippen molar-refractivity contribution in [3.8, 4) is 28.4 Å². The van der Waals surface area contributed by atoms with Crippen LogP contribution in [0.15, 0.2) is 70.2 Å². The molecule has 166 valence electrons. The largest absolute Gasteiger partial charge is 0.496 e. The number of methoxy groups -OCH3 is 1. The first-order valence-corrected chi connectivity index (χ1v) is 10.5. The van der Waals surface area contributed by atoms with Gasteiger partial charge in [-0.05, 0) is 25.1 Å². The number of benzene rings is 2. The molecule has 0 atom stereocenters. The van der Waals surface area contributed by atoms with E-state index in [9.17, 15) is 4.79 Å². The van der Waals surface area contributed by atoms with E-state index in [1.54, 1.807) is 13.4 Å². The normalized spacial score (nSPS) is 11.1. The van der Waals surface area contributed by atoms with Gasteiger partial charge in [0, 0.05) is 41.4 Å². The van der Waals surface area contributed by atoms with Crippen molar-refractivity contribution in [3.05, 3.63) is 77.2 Å². The Kier molecular flexibility index (Phi) is 5.35. The number of hydrogen-bond donors (Lipinski definition) is 2. The molecule has 0 fully saturated rings. The van der Waals surface area contributed by atoms with Crippen molar-refractivity contribution in [2.24, 2.45) is 0 Å². The molecule has 0 radical (unpaired) electrons. The molecule has 2 N–H and O–H groups in total. The van der Waals surface area contributed by atoms with Crippen molar-refractivity contribution in [1.82, 2.24) is 24.7 Å². The third kappa shape index (κ3) is 4.08. The Labute approximate surface area is 189 Å². The van der Waals surface area contributed by atoms with Crippen molar-refractivity contribution < 1.29 is 9.26 Å². The van der Waals surface area contributed by atoms with Gasteiger partial charge in [-0.3, -0.25) is 9.51 Å². The van der Waals surface area contributed by atoms with Gasteiger partial charge in [-0.2, -0.15) is 0 Å². The van der Waals surface area contributed by atoms with Gasteiger partial charge in [0.05, 0.1) is 18.3 Å². The molecule has 0 aliphatic carbocycles. The minimum absolute atomic E-state index is 0.391. The van der Waals surface area contributed by atoms with E-state index in [4.69, 9.17) is 4.74 Å². The Bertz CT molecular complexity index is 1470. The summed E-state index contributed by atoms with van der Waals surface area (Å²) >= 11 is 0. The summed E-state index contributed by atoms with van der Waals surface area (Å²) in [7, 11) is 1.69. The summed E-state index contributed by atoms with van der Waals surface area (Å²) in [5.74, 6) is 1.44. The molecule has 0 aliphatic rings. The van der Waals surface area contributed by atoms with Gasteiger partial charge >= 0.3 is 5.76 Å². The fourth-order valence-electron chi connectivity index (χ4n) is 3.93. The van der Waals surface area contributed by atoms with Crippen molar-refractivity contribution in [2.45, 2.75) is 13.5 Å². The van der Waals surface area contributed by atoms with Crippen LogP contribution < -0.4 is 15.8 Å². The SMILES string of the molecule is COc1cccc2c1cc(C)n2CCNc1cc(-c2ccc(-c3noc(=O)[nH]3)cc2)ncn1. The Morgan fingerprint density at radius 2 is 1.91 bits per heavy atom. The molecule has 0 aliphatic heterocycles. The zero-order valence-corrected chi connectivity index (χ0v) is 18.2. The van der Waals surface area contributed by atoms with Gasteiger partial charge in [-0.15, -0.1) is 0 Å². The minimum atomic E-state index is -0.581. The zero-order chi connectivity index (χ0) is 22.8. The lowest BCUT2D eigenvalue weighted by molar-refractivity contribution is 0.388. The summed E-state index contributed by atoms with van der Waals surface area (Å²) in [5, 5.41) is 8.20. The van der Waals surface area contributed by atoms with Gasteiger partial charge in [0.25, 0.3) is 0 Å². The smallest absolute Gasteiger partial charge is 0.439 e. The first-order chi connectivity index (χ1) is 16.1. The third-order valence-corrected chi connectivity index (χ3v) is 5.54. The molecule has 0 bridgehead atoms. The summed E-state index contributed by atoms with van der Waals surface area (Å²) in [4.78, 5) is 22.4. The van der Waals surface area contributed by atoms with Gasteiger partial charge < -0.3 is 14.6 Å². The van der Waals surface area contributed by atoms with Crippen LogP contribution in [-0.4, -0.2) is 38.3 Å². The van der Waals surface area contributed by atoms with Gasteiger partial charge in [0.2, 0.25) is 0 Å². The van der Waals surface area contributed by atoms with Crippen LogP contribution >= 0.6 is 0 Å². The number of aromatic nitrogens is 5. The van der Waals surface area contributed by atoms with Crippen molar-refractivity contribution >= 4 is 16.7 Å². The monoisotopic (exact) mass is 442 g/mol. The summed E-state index contributed by atoms with van der Waals surface area (Å²) < 4.78 is 12.3. The topological polar surface area (TPSA) is 111 Å². The van der Waals surface area contributed by atoms with Crippen molar-refractivity contribution in [1.29, 1.82) is 0 Å². The van der Waals surface area contributed by atoms with E-state index in [-0.39, 0.29) is 0 Å². The summed E-state index contributed by atoms with van der Waals surface area (Å²) in [6.45, 7) is 3.59. The lowest BCUT2D eigenvalue weighted by Gasteiger charge is -2.11. The number of fused-ring (bicyclic) bond motifs is 1. The van der Waals surface area contributed by atoms with Crippen LogP contribution in [0, 0.1) is 6.92 Å². The van der Waals surface area contributed by atoms with E-state index in [0.29, 0.717) is 12.4 Å². The molecule has 0 unspecified atom stereocenters. The summed E-state index contributed by atoms with van der Waals surface area (Å²) in [5.41, 5.74) is 4.79. The molecule has 9 heteroatoms. The van der Waals surface area contributed by atoms with E-state index in [1.807, 2.05) is 42.5 Å². The van der Waals surface area contributed by atoms with Crippen LogP contribution in [0.4, 0.5) is 5.82 Å². The molecule has 5 rings (SSSR count). The molecule has 0 spiro atoms. The highest BCUT2D eigenvalue weighted by atomic mass is 16.5. The Morgan fingerprint density at radius 3 is 2.67 bits per heavy atom. The summed E-state index contributed by atoms with van der Waals surface area (Å²) in [6, 6.07) is 17.7. The molecule has 0 saturated heterocycles. The van der Waals surface area contributed by atoms with Crippen LogP contribution in [0.1, 0.15) is 5.69 Å². The van der Waals surface area contributed by atoms with Gasteiger partial charge in [0.15, 0.2) is 5.82 Å². The van der Waals surface area contributed by atoms with E-state index in [0.717, 1.165) is 45.8 Å². The quantitative estimate of drug-likeness (QED) is 0.394. The molecule has 0 saturated carbocycles. The van der Waals surface area contributed by atoms with E-state index in [2.05, 4.69) is 53.6 Å². The van der Waals surface area contributed by atoms with Crippen LogP contribution in [-0.2, 0) is 6.54 Å². The second-order valence-electron chi connectivity index (χ2n) is 7.57. The van der Waals surface area contributed by atoms with Gasteiger partial charge in [-0.25, -0.2) is 14.8 Å². The Morgan fingerprint density at radius 1 is 1.09 bits per heavy atom. The second kappa shape index (κ2) is 8.62. The maximum Gasteiger partial charge on any atom is 0.439 e. The number of nitrogens with one attached hydrogen (secondary N) is 2. The van der Waals surface area contributed by atoms with Crippen LogP contribution in [0.5, 0.6) is 5.75 Å². The van der Waals surface area contributed by atoms with Gasteiger partial charge in [0.1, 0.15) is 17.9 Å². The zero-order valence-electron chi connectivity index (χ0n) is 18.2. The molecule has 2 aromatic carbocycles. The number of anilines is 1. The van der Waals surface area contributed by atoms with Crippen molar-refractivity contribution in [3.63, 3.8) is 0 Å². The molecule has 9 nitrogen and oxygen atoms in total. The number of nitrogens with zero attached hydrogens (tertiary/aromatic N) is 4. The highest BCUT2D eigenvalue weighted by Gasteiger charge is 2.10. The maximum absolute atomic E-state index is 11.1. The van der Waals surface area contributed by atoms with Crippen LogP contribution in [0.2, 0.25) is 0 Å². The number of hydrogen-bond acceptors (Lipinski definition) is 7. The third-order valence-electron chi connectivity index (χ3n) is 5.54. The minimum Gasteiger partial charge on any atom is -0.496 e. The number of aryl methyl sites for hydroxylation is 1. The number of ether oxygens (including phenoxy) is 1. The first kappa shape index (κ1) is 20.5. The number of H-pyrrole nitrogens is 1. The van der Waals surface area contributed by atoms with Crippen LogP contribution in [0.3, 0.4) is 0 Å². The Hall–Kier alpha value is -4.40. The van der Waals surface area contributed by atoms with Crippen LogP contribution in [0.25, 0.3) is 33.5 Å². The average Bonchev–Trinajstić information content (AvgIpc) is 3.42. The highest BCUT2D eigenvalue weighted by Crippen LogP contribution is 2.28. The fraction of sp³-hybridized carbons (Fsp3) is 0.167. The fourth-order valence-corrected chi connectivity index (χ4v) is 3.93.